The number of nitrogens with zero attached hydrogens (tertiary/aromatic N) is 3. The van der Waals surface area contributed by atoms with Crippen molar-refractivity contribution in [1.29, 1.82) is 0 Å². The van der Waals surface area contributed by atoms with E-state index in [1.165, 1.54) is 0 Å². The van der Waals surface area contributed by atoms with E-state index in [2.05, 4.69) is 9.88 Å². The molecule has 0 atom stereocenters. The molecule has 0 N–H and O–H groups in total. The fourth-order valence-corrected chi connectivity index (χ4v) is 2.58. The summed E-state index contributed by atoms with van der Waals surface area (Å²) in [7, 11) is 0. The van der Waals surface area contributed by atoms with E-state index in [0.717, 1.165) is 25.4 Å². The van der Waals surface area contributed by atoms with Crippen LogP contribution in [0.1, 0.15) is 16.2 Å². The van der Waals surface area contributed by atoms with Crippen molar-refractivity contribution in [3.05, 3.63) is 53.2 Å². The number of piperazine rings is 1. The van der Waals surface area contributed by atoms with Gasteiger partial charge in [-0.3, -0.25) is 14.7 Å². The third-order valence-electron chi connectivity index (χ3n) is 3.56. The zero-order valence-corrected chi connectivity index (χ0v) is 12.3. The molecular weight excluding hydrogens is 290 g/mol. The molecule has 2 aromatic heterocycles. The number of carbonyl (C=O) groups excluding carboxylic acids is 1. The number of furan rings is 1. The molecule has 2 aromatic rings. The molecule has 1 amide bonds. The Morgan fingerprint density at radius 2 is 2.10 bits per heavy atom. The average molecular weight is 306 g/mol. The highest BCUT2D eigenvalue weighted by Gasteiger charge is 2.23. The molecule has 0 aliphatic carbocycles. The van der Waals surface area contributed by atoms with Crippen molar-refractivity contribution < 1.29 is 9.21 Å². The lowest BCUT2D eigenvalue weighted by Crippen LogP contribution is -2.48. The van der Waals surface area contributed by atoms with Crippen molar-refractivity contribution in [1.82, 2.24) is 14.8 Å². The van der Waals surface area contributed by atoms with Crippen molar-refractivity contribution in [2.24, 2.45) is 0 Å². The Kier molecular flexibility index (Phi) is 4.22. The molecule has 1 aliphatic heterocycles. The molecule has 0 bridgehead atoms. The first kappa shape index (κ1) is 14.1. The molecule has 110 valence electrons. The van der Waals surface area contributed by atoms with Gasteiger partial charge in [0.05, 0.1) is 12.8 Å². The van der Waals surface area contributed by atoms with Crippen LogP contribution in [0.5, 0.6) is 0 Å². The predicted octanol–water partition coefficient (Wildman–Crippen LogP) is 2.29. The van der Waals surface area contributed by atoms with Gasteiger partial charge in [-0.25, -0.2) is 0 Å². The van der Waals surface area contributed by atoms with Gasteiger partial charge < -0.3 is 9.32 Å². The Morgan fingerprint density at radius 3 is 2.76 bits per heavy atom. The van der Waals surface area contributed by atoms with Crippen LogP contribution < -0.4 is 0 Å². The van der Waals surface area contributed by atoms with Crippen LogP contribution in [0.2, 0.25) is 5.02 Å². The molecule has 0 saturated carbocycles. The number of halogens is 1. The minimum Gasteiger partial charge on any atom is -0.468 e. The largest absolute Gasteiger partial charge is 0.468 e. The van der Waals surface area contributed by atoms with E-state index in [9.17, 15) is 4.79 Å². The second kappa shape index (κ2) is 6.28. The molecule has 0 radical (unpaired) electrons. The molecular formula is C15H16ClN3O2. The van der Waals surface area contributed by atoms with Crippen LogP contribution in [0.15, 0.2) is 41.1 Å². The maximum Gasteiger partial charge on any atom is 0.272 e. The van der Waals surface area contributed by atoms with E-state index >= 15 is 0 Å². The molecule has 1 saturated heterocycles. The number of pyridine rings is 1. The highest BCUT2D eigenvalue weighted by Crippen LogP contribution is 2.13. The lowest BCUT2D eigenvalue weighted by Gasteiger charge is -2.34. The SMILES string of the molecule is O=C(c1cc(Cl)ccn1)N1CCN(Cc2ccco2)CC1. The second-order valence-corrected chi connectivity index (χ2v) is 5.44. The third-order valence-corrected chi connectivity index (χ3v) is 3.80. The summed E-state index contributed by atoms with van der Waals surface area (Å²) in [4.78, 5) is 20.5. The molecule has 0 spiro atoms. The van der Waals surface area contributed by atoms with E-state index < -0.39 is 0 Å². The van der Waals surface area contributed by atoms with Gasteiger partial charge in [0.15, 0.2) is 0 Å². The predicted molar refractivity (Wildman–Crippen MR) is 79.1 cm³/mol. The molecule has 1 fully saturated rings. The van der Waals surface area contributed by atoms with Crippen molar-refractivity contribution in [3.8, 4) is 0 Å². The van der Waals surface area contributed by atoms with Crippen molar-refractivity contribution >= 4 is 17.5 Å². The summed E-state index contributed by atoms with van der Waals surface area (Å²) in [6, 6.07) is 7.13. The van der Waals surface area contributed by atoms with E-state index in [4.69, 9.17) is 16.0 Å². The van der Waals surface area contributed by atoms with Crippen molar-refractivity contribution in [2.75, 3.05) is 26.2 Å². The molecule has 3 heterocycles. The van der Waals surface area contributed by atoms with Gasteiger partial charge in [0, 0.05) is 37.4 Å². The first-order valence-corrected chi connectivity index (χ1v) is 7.26. The molecule has 6 heteroatoms. The summed E-state index contributed by atoms with van der Waals surface area (Å²) in [5, 5.41) is 0.532. The lowest BCUT2D eigenvalue weighted by atomic mass is 10.2. The average Bonchev–Trinajstić information content (AvgIpc) is 3.00. The van der Waals surface area contributed by atoms with Crippen LogP contribution in [0.25, 0.3) is 0 Å². The van der Waals surface area contributed by atoms with Crippen LogP contribution >= 0.6 is 11.6 Å². The molecule has 1 aliphatic rings. The zero-order valence-electron chi connectivity index (χ0n) is 11.5. The molecule has 0 unspecified atom stereocenters. The first-order valence-electron chi connectivity index (χ1n) is 6.88. The van der Waals surface area contributed by atoms with Gasteiger partial charge >= 0.3 is 0 Å². The molecule has 0 aromatic carbocycles. The molecule has 5 nitrogen and oxygen atoms in total. The summed E-state index contributed by atoms with van der Waals surface area (Å²) in [5.41, 5.74) is 0.405. The zero-order chi connectivity index (χ0) is 14.7. The van der Waals surface area contributed by atoms with E-state index in [1.807, 2.05) is 17.0 Å². The minimum absolute atomic E-state index is 0.0600. The summed E-state index contributed by atoms with van der Waals surface area (Å²) < 4.78 is 5.35. The number of aromatic nitrogens is 1. The number of hydrogen-bond donors (Lipinski definition) is 0. The van der Waals surface area contributed by atoms with Crippen LogP contribution in [-0.4, -0.2) is 46.9 Å². The first-order chi connectivity index (χ1) is 10.2. The van der Waals surface area contributed by atoms with E-state index in [-0.39, 0.29) is 5.91 Å². The Hall–Kier alpha value is -1.85. The Labute approximate surface area is 128 Å². The quantitative estimate of drug-likeness (QED) is 0.873. The van der Waals surface area contributed by atoms with Crippen molar-refractivity contribution in [2.45, 2.75) is 6.54 Å². The Morgan fingerprint density at radius 1 is 1.29 bits per heavy atom. The third kappa shape index (κ3) is 3.43. The Balaban J connectivity index is 1.57. The molecule has 3 rings (SSSR count). The smallest absolute Gasteiger partial charge is 0.272 e. The molecule has 21 heavy (non-hydrogen) atoms. The highest BCUT2D eigenvalue weighted by atomic mass is 35.5. The normalized spacial score (nSPS) is 16.1. The summed E-state index contributed by atoms with van der Waals surface area (Å²) in [6.07, 6.45) is 3.24. The van der Waals surface area contributed by atoms with E-state index in [0.29, 0.717) is 23.8 Å². The Bertz CT molecular complexity index is 607. The summed E-state index contributed by atoms with van der Waals surface area (Å²) >= 11 is 5.90. The fraction of sp³-hybridized carbons (Fsp3) is 0.333. The highest BCUT2D eigenvalue weighted by molar-refractivity contribution is 6.30. The lowest BCUT2D eigenvalue weighted by molar-refractivity contribution is 0.0614. The van der Waals surface area contributed by atoms with Gasteiger partial charge in [0.1, 0.15) is 11.5 Å². The van der Waals surface area contributed by atoms with Crippen LogP contribution in [0.3, 0.4) is 0 Å². The standard InChI is InChI=1S/C15H16ClN3O2/c16-12-3-4-17-14(10-12)15(20)19-7-5-18(6-8-19)11-13-2-1-9-21-13/h1-4,9-10H,5-8,11H2. The topological polar surface area (TPSA) is 49.6 Å². The summed E-state index contributed by atoms with van der Waals surface area (Å²) in [5.74, 6) is 0.890. The minimum atomic E-state index is -0.0600. The van der Waals surface area contributed by atoms with Crippen LogP contribution in [0.4, 0.5) is 0 Å². The van der Waals surface area contributed by atoms with Crippen LogP contribution in [-0.2, 0) is 6.54 Å². The van der Waals surface area contributed by atoms with Gasteiger partial charge in [-0.15, -0.1) is 0 Å². The summed E-state index contributed by atoms with van der Waals surface area (Å²) in [6.45, 7) is 3.81. The van der Waals surface area contributed by atoms with Crippen LogP contribution in [0, 0.1) is 0 Å². The maximum absolute atomic E-state index is 12.3. The number of amides is 1. The van der Waals surface area contributed by atoms with Gasteiger partial charge in [0.25, 0.3) is 5.91 Å². The van der Waals surface area contributed by atoms with Crippen molar-refractivity contribution in [3.63, 3.8) is 0 Å². The van der Waals surface area contributed by atoms with Gasteiger partial charge in [-0.1, -0.05) is 11.6 Å². The number of rotatable bonds is 3. The number of hydrogen-bond acceptors (Lipinski definition) is 4. The van der Waals surface area contributed by atoms with Gasteiger partial charge in [0.2, 0.25) is 0 Å². The van der Waals surface area contributed by atoms with Gasteiger partial charge in [-0.05, 0) is 24.3 Å². The second-order valence-electron chi connectivity index (χ2n) is 5.01. The van der Waals surface area contributed by atoms with Gasteiger partial charge in [-0.2, -0.15) is 0 Å². The monoisotopic (exact) mass is 305 g/mol. The number of carbonyl (C=O) groups is 1. The fourth-order valence-electron chi connectivity index (χ4n) is 2.42. The van der Waals surface area contributed by atoms with E-state index in [1.54, 1.807) is 24.6 Å². The maximum atomic E-state index is 12.3.